The molecule has 0 fully saturated rings. The van der Waals surface area contributed by atoms with Crippen LogP contribution < -0.4 is 15.4 Å². The van der Waals surface area contributed by atoms with Crippen molar-refractivity contribution in [2.75, 3.05) is 25.5 Å². The van der Waals surface area contributed by atoms with Gasteiger partial charge in [-0.3, -0.25) is 9.78 Å². The Kier molecular flexibility index (Phi) is 7.01. The first-order valence-electron chi connectivity index (χ1n) is 9.39. The number of nitrogens with zero attached hydrogens (tertiary/aromatic N) is 1. The van der Waals surface area contributed by atoms with Crippen LogP contribution >= 0.6 is 0 Å². The number of rotatable bonds is 9. The lowest BCUT2D eigenvalue weighted by Crippen LogP contribution is -2.26. The van der Waals surface area contributed by atoms with E-state index in [4.69, 9.17) is 4.74 Å². The van der Waals surface area contributed by atoms with Crippen LogP contribution in [0, 0.1) is 0 Å². The van der Waals surface area contributed by atoms with Crippen molar-refractivity contribution in [2.45, 2.75) is 12.8 Å². The minimum Gasteiger partial charge on any atom is -0.497 e. The van der Waals surface area contributed by atoms with Gasteiger partial charge in [0.25, 0.3) is 5.91 Å². The Morgan fingerprint density at radius 3 is 2.54 bits per heavy atom. The Morgan fingerprint density at radius 2 is 1.71 bits per heavy atom. The lowest BCUT2D eigenvalue weighted by Gasteiger charge is -2.09. The standard InChI is InChI=1S/C23H25N3O2/c1-28-21-9-5-8-19(16-21)11-13-24-20-12-15-25-22(17-20)23(27)26-14-10-18-6-3-2-4-7-18/h2-9,12,15-17H,10-11,13-14H2,1H3,(H,24,25)(H,26,27). The second kappa shape index (κ2) is 10.1. The van der Waals surface area contributed by atoms with Crippen molar-refractivity contribution in [1.29, 1.82) is 0 Å². The van der Waals surface area contributed by atoms with Crippen LogP contribution in [0.4, 0.5) is 5.69 Å². The molecule has 0 aliphatic rings. The predicted molar refractivity (Wildman–Crippen MR) is 112 cm³/mol. The number of anilines is 1. The molecule has 1 aromatic heterocycles. The minimum atomic E-state index is -0.160. The number of carbonyl (C=O) groups is 1. The summed E-state index contributed by atoms with van der Waals surface area (Å²) in [7, 11) is 1.67. The van der Waals surface area contributed by atoms with Gasteiger partial charge in [0.2, 0.25) is 0 Å². The van der Waals surface area contributed by atoms with Gasteiger partial charge in [-0.25, -0.2) is 0 Å². The van der Waals surface area contributed by atoms with Gasteiger partial charge in [-0.05, 0) is 48.2 Å². The molecule has 0 aliphatic heterocycles. The van der Waals surface area contributed by atoms with E-state index >= 15 is 0 Å². The second-order valence-corrected chi connectivity index (χ2v) is 6.45. The Hall–Kier alpha value is -3.34. The molecule has 0 aliphatic carbocycles. The van der Waals surface area contributed by atoms with Crippen LogP contribution in [0.5, 0.6) is 5.75 Å². The highest BCUT2D eigenvalue weighted by molar-refractivity contribution is 5.93. The summed E-state index contributed by atoms with van der Waals surface area (Å²) < 4.78 is 5.25. The van der Waals surface area contributed by atoms with E-state index < -0.39 is 0 Å². The average molecular weight is 375 g/mol. The van der Waals surface area contributed by atoms with Gasteiger partial charge < -0.3 is 15.4 Å². The van der Waals surface area contributed by atoms with E-state index in [1.807, 2.05) is 42.5 Å². The molecule has 3 rings (SSSR count). The number of aromatic nitrogens is 1. The van der Waals surface area contributed by atoms with E-state index in [0.29, 0.717) is 12.2 Å². The molecule has 3 aromatic rings. The van der Waals surface area contributed by atoms with Crippen LogP contribution in [0.2, 0.25) is 0 Å². The number of nitrogens with one attached hydrogen (secondary N) is 2. The summed E-state index contributed by atoms with van der Waals surface area (Å²) in [5.41, 5.74) is 3.69. The highest BCUT2D eigenvalue weighted by Crippen LogP contribution is 2.14. The third kappa shape index (κ3) is 5.84. The first kappa shape index (κ1) is 19.4. The largest absolute Gasteiger partial charge is 0.497 e. The lowest BCUT2D eigenvalue weighted by molar-refractivity contribution is 0.0949. The van der Waals surface area contributed by atoms with E-state index in [1.165, 1.54) is 11.1 Å². The SMILES string of the molecule is COc1cccc(CCNc2ccnc(C(=O)NCCc3ccccc3)c2)c1. The van der Waals surface area contributed by atoms with E-state index in [-0.39, 0.29) is 5.91 Å². The van der Waals surface area contributed by atoms with Crippen molar-refractivity contribution >= 4 is 11.6 Å². The van der Waals surface area contributed by atoms with Crippen LogP contribution in [0.25, 0.3) is 0 Å². The normalized spacial score (nSPS) is 10.3. The second-order valence-electron chi connectivity index (χ2n) is 6.45. The van der Waals surface area contributed by atoms with Crippen molar-refractivity contribution < 1.29 is 9.53 Å². The first-order valence-corrected chi connectivity index (χ1v) is 9.39. The van der Waals surface area contributed by atoms with Crippen molar-refractivity contribution in [3.8, 4) is 5.75 Å². The molecule has 0 spiro atoms. The van der Waals surface area contributed by atoms with Crippen LogP contribution in [-0.2, 0) is 12.8 Å². The topological polar surface area (TPSA) is 63.2 Å². The minimum absolute atomic E-state index is 0.160. The molecule has 5 heteroatoms. The highest BCUT2D eigenvalue weighted by atomic mass is 16.5. The van der Waals surface area contributed by atoms with Crippen LogP contribution in [0.15, 0.2) is 72.9 Å². The summed E-state index contributed by atoms with van der Waals surface area (Å²) in [4.78, 5) is 16.5. The van der Waals surface area contributed by atoms with Crippen LogP contribution in [0.1, 0.15) is 21.6 Å². The fraction of sp³-hybridized carbons (Fsp3) is 0.217. The summed E-state index contributed by atoms with van der Waals surface area (Å²) in [5, 5.41) is 6.27. The number of benzene rings is 2. The Morgan fingerprint density at radius 1 is 0.929 bits per heavy atom. The molecule has 1 heterocycles. The van der Waals surface area contributed by atoms with Gasteiger partial charge in [0, 0.05) is 25.0 Å². The summed E-state index contributed by atoms with van der Waals surface area (Å²) >= 11 is 0. The van der Waals surface area contributed by atoms with Gasteiger partial charge in [0.15, 0.2) is 0 Å². The summed E-state index contributed by atoms with van der Waals surface area (Å²) in [6.07, 6.45) is 3.31. The first-order chi connectivity index (χ1) is 13.7. The number of amides is 1. The summed E-state index contributed by atoms with van der Waals surface area (Å²) in [5.74, 6) is 0.697. The molecule has 0 saturated heterocycles. The number of pyridine rings is 1. The average Bonchev–Trinajstić information content (AvgIpc) is 2.75. The molecular formula is C23H25N3O2. The van der Waals surface area contributed by atoms with Crippen molar-refractivity contribution in [1.82, 2.24) is 10.3 Å². The third-order valence-corrected chi connectivity index (χ3v) is 4.41. The lowest BCUT2D eigenvalue weighted by atomic mass is 10.1. The number of hydrogen-bond acceptors (Lipinski definition) is 4. The van der Waals surface area contributed by atoms with Crippen LogP contribution in [0.3, 0.4) is 0 Å². The van der Waals surface area contributed by atoms with Gasteiger partial charge in [0.1, 0.15) is 11.4 Å². The molecule has 0 unspecified atom stereocenters. The Bertz CT molecular complexity index is 897. The van der Waals surface area contributed by atoms with Crippen molar-refractivity contribution in [3.63, 3.8) is 0 Å². The van der Waals surface area contributed by atoms with Crippen LogP contribution in [-0.4, -0.2) is 31.1 Å². The summed E-state index contributed by atoms with van der Waals surface area (Å²) in [6.45, 7) is 1.34. The fourth-order valence-electron chi connectivity index (χ4n) is 2.90. The quantitative estimate of drug-likeness (QED) is 0.598. The molecule has 2 N–H and O–H groups in total. The number of hydrogen-bond donors (Lipinski definition) is 2. The van der Waals surface area contributed by atoms with Gasteiger partial charge >= 0.3 is 0 Å². The Balaban J connectivity index is 1.48. The molecule has 2 aromatic carbocycles. The van der Waals surface area contributed by atoms with Gasteiger partial charge in [-0.15, -0.1) is 0 Å². The number of ether oxygens (including phenoxy) is 1. The molecule has 0 radical (unpaired) electrons. The maximum Gasteiger partial charge on any atom is 0.269 e. The van der Waals surface area contributed by atoms with Gasteiger partial charge in [0.05, 0.1) is 7.11 Å². The third-order valence-electron chi connectivity index (χ3n) is 4.41. The molecule has 0 bridgehead atoms. The monoisotopic (exact) mass is 375 g/mol. The number of methoxy groups -OCH3 is 1. The predicted octanol–water partition coefficient (Wildman–Crippen LogP) is 3.72. The van der Waals surface area contributed by atoms with Crippen molar-refractivity contribution in [3.05, 3.63) is 89.7 Å². The molecule has 0 saturated carbocycles. The molecule has 1 amide bonds. The van der Waals surface area contributed by atoms with E-state index in [0.717, 1.165) is 30.8 Å². The zero-order valence-corrected chi connectivity index (χ0v) is 16.0. The maximum atomic E-state index is 12.3. The van der Waals surface area contributed by atoms with E-state index in [2.05, 4.69) is 33.8 Å². The highest BCUT2D eigenvalue weighted by Gasteiger charge is 2.07. The van der Waals surface area contributed by atoms with E-state index in [9.17, 15) is 4.79 Å². The summed E-state index contributed by atoms with van der Waals surface area (Å²) in [6, 6.07) is 21.8. The van der Waals surface area contributed by atoms with Crippen molar-refractivity contribution in [2.24, 2.45) is 0 Å². The van der Waals surface area contributed by atoms with Gasteiger partial charge in [-0.2, -0.15) is 0 Å². The zero-order valence-electron chi connectivity index (χ0n) is 16.0. The molecule has 144 valence electrons. The smallest absolute Gasteiger partial charge is 0.269 e. The number of carbonyl (C=O) groups excluding carboxylic acids is 1. The fourth-order valence-corrected chi connectivity index (χ4v) is 2.90. The van der Waals surface area contributed by atoms with Gasteiger partial charge in [-0.1, -0.05) is 42.5 Å². The van der Waals surface area contributed by atoms with E-state index in [1.54, 1.807) is 19.4 Å². The molecule has 0 atom stereocenters. The molecule has 28 heavy (non-hydrogen) atoms. The zero-order chi connectivity index (χ0) is 19.6. The molecular weight excluding hydrogens is 350 g/mol. The molecule has 5 nitrogen and oxygen atoms in total. The Labute approximate surface area is 165 Å². The maximum absolute atomic E-state index is 12.3.